The van der Waals surface area contributed by atoms with E-state index in [4.69, 9.17) is 5.14 Å². The fraction of sp³-hybridized carbons (Fsp3) is 0.118. The van der Waals surface area contributed by atoms with Gasteiger partial charge in [-0.2, -0.15) is 10.2 Å². The summed E-state index contributed by atoms with van der Waals surface area (Å²) in [5.74, 6) is -0.568. The van der Waals surface area contributed by atoms with E-state index in [1.165, 1.54) is 27.6 Å². The fourth-order valence-corrected chi connectivity index (χ4v) is 6.30. The van der Waals surface area contributed by atoms with E-state index in [9.17, 15) is 36.6 Å². The number of primary sulfonamides is 1. The van der Waals surface area contributed by atoms with Gasteiger partial charge in [-0.05, 0) is 60.7 Å². The van der Waals surface area contributed by atoms with Crippen LogP contribution in [0, 0.1) is 13.8 Å². The third kappa shape index (κ3) is 10.7. The second kappa shape index (κ2) is 19.3. The molecular weight excluding hydrogens is 822 g/mol. The maximum absolute atomic E-state index is 12.6. The molecule has 0 aliphatic heterocycles. The number of para-hydroxylation sites is 2. The number of aromatic hydroxyl groups is 2. The van der Waals surface area contributed by atoms with Gasteiger partial charge in [-0.15, -0.1) is 11.4 Å². The SMILES string of the molecule is CCNS(=O)(=O)c1ccc(O)c(N=N[c-]2c(C)nn(-c3ccccc3)c2=O)c1.Cc1nn(-c2ccccc2)c(=O)[c-]1N=Nc1cc(S(N)(=O)=O)ccc1O.[Co].[Na+]. The minimum Gasteiger partial charge on any atom is -0.506 e. The van der Waals surface area contributed by atoms with E-state index < -0.39 is 31.2 Å². The van der Waals surface area contributed by atoms with Crippen molar-refractivity contribution in [2.45, 2.75) is 30.6 Å². The molecule has 0 bridgehead atoms. The Balaban J connectivity index is 0.000000291. The number of hydrogen-bond donors (Lipinski definition) is 4. The number of nitrogens with zero attached hydrogens (tertiary/aromatic N) is 8. The summed E-state index contributed by atoms with van der Waals surface area (Å²) in [7, 11) is -7.69. The minimum absolute atomic E-state index is 0. The van der Waals surface area contributed by atoms with Crippen LogP contribution in [0.2, 0.25) is 0 Å². The summed E-state index contributed by atoms with van der Waals surface area (Å²) in [5, 5.41) is 48.5. The van der Waals surface area contributed by atoms with Gasteiger partial charge < -0.3 is 30.0 Å². The van der Waals surface area contributed by atoms with Crippen LogP contribution in [0.1, 0.15) is 18.3 Å². The van der Waals surface area contributed by atoms with Gasteiger partial charge in [-0.25, -0.2) is 46.3 Å². The number of aromatic nitrogens is 4. The number of hydrogen-bond acceptors (Lipinski definition) is 14. The first-order valence-corrected chi connectivity index (χ1v) is 18.8. The second-order valence-electron chi connectivity index (χ2n) is 11.2. The van der Waals surface area contributed by atoms with E-state index in [1.807, 2.05) is 12.1 Å². The average molecular weight is 855 g/mol. The molecule has 0 amide bonds. The normalized spacial score (nSPS) is 11.5. The van der Waals surface area contributed by atoms with Crippen LogP contribution >= 0.6 is 0 Å². The number of nitrogens with two attached hydrogens (primary N) is 1. The van der Waals surface area contributed by atoms with Crippen LogP contribution < -0.4 is 50.5 Å². The van der Waals surface area contributed by atoms with E-state index in [0.29, 0.717) is 22.8 Å². The number of sulfonamides is 2. The predicted octanol–water partition coefficient (Wildman–Crippen LogP) is 1.71. The van der Waals surface area contributed by atoms with Crippen LogP contribution in [0.4, 0.5) is 22.7 Å². The van der Waals surface area contributed by atoms with Gasteiger partial charge in [0.15, 0.2) is 0 Å². The molecule has 56 heavy (non-hydrogen) atoms. The van der Waals surface area contributed by atoms with Crippen molar-refractivity contribution in [1.82, 2.24) is 24.3 Å². The number of aryl methyl sites for hydroxylation is 2. The van der Waals surface area contributed by atoms with E-state index in [1.54, 1.807) is 69.3 Å². The molecule has 0 aliphatic carbocycles. The number of benzene rings is 4. The quantitative estimate of drug-likeness (QED) is 0.0880. The molecule has 2 heterocycles. The Bertz CT molecular complexity index is 2720. The molecule has 0 unspecified atom stereocenters. The van der Waals surface area contributed by atoms with Gasteiger partial charge in [0.2, 0.25) is 20.0 Å². The first-order valence-electron chi connectivity index (χ1n) is 15.8. The van der Waals surface area contributed by atoms with Crippen molar-refractivity contribution in [2.24, 2.45) is 25.6 Å². The monoisotopic (exact) mass is 854 g/mol. The first kappa shape index (κ1) is 45.4. The van der Waals surface area contributed by atoms with E-state index in [2.05, 4.69) is 35.4 Å². The van der Waals surface area contributed by atoms with Gasteiger partial charge in [0.1, 0.15) is 34.0 Å². The Labute approximate surface area is 352 Å². The van der Waals surface area contributed by atoms with Crippen LogP contribution in [0.15, 0.2) is 137 Å². The molecule has 1 radical (unpaired) electrons. The summed E-state index contributed by atoms with van der Waals surface area (Å²) >= 11 is 0. The van der Waals surface area contributed by atoms with E-state index >= 15 is 0 Å². The van der Waals surface area contributed by atoms with Gasteiger partial charge in [-0.3, -0.25) is 0 Å². The predicted molar refractivity (Wildman–Crippen MR) is 197 cm³/mol. The molecule has 0 saturated heterocycles. The zero-order valence-electron chi connectivity index (χ0n) is 30.1. The summed E-state index contributed by atoms with van der Waals surface area (Å²) in [6.07, 6.45) is 0. The summed E-state index contributed by atoms with van der Waals surface area (Å²) in [6, 6.07) is 24.6. The number of nitrogens with one attached hydrogen (secondary N) is 1. The van der Waals surface area contributed by atoms with Crippen molar-refractivity contribution in [1.29, 1.82) is 0 Å². The number of rotatable bonds is 10. The summed E-state index contributed by atoms with van der Waals surface area (Å²) in [4.78, 5) is 24.8. The van der Waals surface area contributed by atoms with Gasteiger partial charge in [0.25, 0.3) is 0 Å². The standard InChI is InChI=1S/C18H18N5O4S.C16H14N5O4S.Co.Na/c1-3-19-28(26,27)14-9-10-16(24)15(11-14)20-21-17-12(2)22-23(18(17)25)13-7-5-4-6-8-13;1-10-15(16(23)21(20-10)11-5-3-2-4-6-11)19-18-13-9-12(26(17,24)25)7-8-14(13)22;;/h4-11,19,24H,3H2,1-2H3;2-9,22H,1H3,(H2,17,24,25);;/q2*-1;;+1. The van der Waals surface area contributed by atoms with Crippen LogP contribution in [-0.4, -0.2) is 53.2 Å². The van der Waals surface area contributed by atoms with Crippen molar-refractivity contribution in [3.8, 4) is 22.9 Å². The van der Waals surface area contributed by atoms with Crippen molar-refractivity contribution >= 4 is 42.8 Å². The summed E-state index contributed by atoms with van der Waals surface area (Å²) in [6.45, 7) is 5.08. The van der Waals surface area contributed by atoms with Crippen molar-refractivity contribution in [3.63, 3.8) is 0 Å². The molecule has 4 aromatic carbocycles. The third-order valence-corrected chi connectivity index (χ3v) is 9.81. The molecule has 22 heteroatoms. The minimum atomic E-state index is -3.96. The molecule has 0 atom stereocenters. The first-order chi connectivity index (χ1) is 25.6. The molecule has 6 aromatic rings. The molecule has 0 spiro atoms. The topological polar surface area (TPSA) is 266 Å². The van der Waals surface area contributed by atoms with Crippen LogP contribution in [0.25, 0.3) is 11.4 Å². The molecular formula is C34H32CoN10NaO8S2-. The number of azo groups is 2. The Kier molecular flexibility index (Phi) is 15.6. The summed E-state index contributed by atoms with van der Waals surface area (Å²) in [5.41, 5.74) is 0.659. The zero-order valence-corrected chi connectivity index (χ0v) is 34.8. The molecule has 2 aromatic heterocycles. The third-order valence-electron chi connectivity index (χ3n) is 7.36. The second-order valence-corrected chi connectivity index (χ2v) is 14.5. The van der Waals surface area contributed by atoms with Gasteiger partial charge >= 0.3 is 29.6 Å². The molecule has 5 N–H and O–H groups in total. The van der Waals surface area contributed by atoms with Gasteiger partial charge in [-0.1, -0.05) is 68.6 Å². The van der Waals surface area contributed by atoms with Crippen LogP contribution in [-0.2, 0) is 36.8 Å². The van der Waals surface area contributed by atoms with Crippen LogP contribution in [0.3, 0.4) is 0 Å². The Hall–Kier alpha value is -4.97. The number of phenols is 2. The maximum Gasteiger partial charge on any atom is 1.00 e. The molecule has 0 saturated carbocycles. The van der Waals surface area contributed by atoms with Gasteiger partial charge in [0.05, 0.1) is 21.2 Å². The Morgan fingerprint density at radius 2 is 1.09 bits per heavy atom. The molecule has 0 aliphatic rings. The van der Waals surface area contributed by atoms with Crippen molar-refractivity contribution in [3.05, 3.63) is 129 Å². The largest absolute Gasteiger partial charge is 1.00 e. The maximum atomic E-state index is 12.6. The molecule has 18 nitrogen and oxygen atoms in total. The fourth-order valence-electron chi connectivity index (χ4n) is 4.71. The Morgan fingerprint density at radius 1 is 0.696 bits per heavy atom. The molecule has 0 fully saturated rings. The molecule has 6 rings (SSSR count). The van der Waals surface area contributed by atoms with Crippen LogP contribution in [0.5, 0.6) is 11.5 Å². The van der Waals surface area contributed by atoms with E-state index in [-0.39, 0.29) is 96.9 Å². The Morgan fingerprint density at radius 3 is 1.48 bits per heavy atom. The smallest absolute Gasteiger partial charge is 0.506 e. The summed E-state index contributed by atoms with van der Waals surface area (Å²) < 4.78 is 51.8. The van der Waals surface area contributed by atoms with Crippen molar-refractivity contribution < 1.29 is 73.4 Å². The zero-order chi connectivity index (χ0) is 39.2. The van der Waals surface area contributed by atoms with E-state index in [0.717, 1.165) is 18.2 Å². The average Bonchev–Trinajstić information content (AvgIpc) is 3.59. The van der Waals surface area contributed by atoms with Gasteiger partial charge in [0, 0.05) is 23.3 Å². The number of phenolic OH excluding ortho intramolecular Hbond substituents is 2. The molecule has 289 valence electrons. The van der Waals surface area contributed by atoms with Crippen molar-refractivity contribution in [2.75, 3.05) is 6.54 Å².